The molecule has 90 valence electrons. The van der Waals surface area contributed by atoms with Crippen LogP contribution in [0.3, 0.4) is 0 Å². The van der Waals surface area contributed by atoms with Crippen LogP contribution in [0.5, 0.6) is 5.75 Å². The highest BCUT2D eigenvalue weighted by Gasteiger charge is 2.26. The molecule has 4 N–H and O–H groups in total. The Morgan fingerprint density at radius 1 is 0.941 bits per heavy atom. The van der Waals surface area contributed by atoms with Crippen LogP contribution in [0.25, 0.3) is 0 Å². The summed E-state index contributed by atoms with van der Waals surface area (Å²) in [7, 11) is 0. The number of carbonyl (C=O) groups is 3. The van der Waals surface area contributed by atoms with Gasteiger partial charge in [0.2, 0.25) is 0 Å². The SMILES string of the molecule is Cc1c(C(=O)O)c(O)cc(C(=O)O)c1C(=O)O. The summed E-state index contributed by atoms with van der Waals surface area (Å²) in [4.78, 5) is 32.5. The van der Waals surface area contributed by atoms with E-state index in [0.717, 1.165) is 6.92 Å². The van der Waals surface area contributed by atoms with E-state index < -0.39 is 40.3 Å². The van der Waals surface area contributed by atoms with Gasteiger partial charge in [-0.05, 0) is 18.6 Å². The van der Waals surface area contributed by atoms with Crippen molar-refractivity contribution in [3.8, 4) is 5.75 Å². The molecule has 0 aromatic heterocycles. The van der Waals surface area contributed by atoms with E-state index in [4.69, 9.17) is 15.3 Å². The summed E-state index contributed by atoms with van der Waals surface area (Å²) < 4.78 is 0. The molecule has 0 aliphatic rings. The molecule has 0 amide bonds. The molecule has 0 radical (unpaired) electrons. The van der Waals surface area contributed by atoms with Crippen molar-refractivity contribution >= 4 is 17.9 Å². The van der Waals surface area contributed by atoms with Gasteiger partial charge in [-0.1, -0.05) is 0 Å². The average molecular weight is 240 g/mol. The van der Waals surface area contributed by atoms with E-state index in [9.17, 15) is 19.5 Å². The fourth-order valence-corrected chi connectivity index (χ4v) is 1.51. The Morgan fingerprint density at radius 2 is 1.41 bits per heavy atom. The number of benzene rings is 1. The number of rotatable bonds is 3. The van der Waals surface area contributed by atoms with Crippen molar-refractivity contribution in [2.24, 2.45) is 0 Å². The van der Waals surface area contributed by atoms with Gasteiger partial charge < -0.3 is 20.4 Å². The van der Waals surface area contributed by atoms with E-state index in [-0.39, 0.29) is 5.56 Å². The van der Waals surface area contributed by atoms with E-state index >= 15 is 0 Å². The minimum atomic E-state index is -1.57. The smallest absolute Gasteiger partial charge is 0.339 e. The molecular formula is C10H8O7. The maximum atomic E-state index is 10.9. The molecule has 0 aliphatic carbocycles. The predicted octanol–water partition coefficient (Wildman–Crippen LogP) is 0.795. The first kappa shape index (κ1) is 12.5. The zero-order valence-electron chi connectivity index (χ0n) is 8.59. The zero-order chi connectivity index (χ0) is 13.3. The number of aromatic hydroxyl groups is 1. The number of hydrogen-bond donors (Lipinski definition) is 4. The predicted molar refractivity (Wildman–Crippen MR) is 53.7 cm³/mol. The van der Waals surface area contributed by atoms with Crippen molar-refractivity contribution in [3.05, 3.63) is 28.3 Å². The maximum absolute atomic E-state index is 10.9. The van der Waals surface area contributed by atoms with Crippen molar-refractivity contribution in [1.82, 2.24) is 0 Å². The normalized spacial score (nSPS) is 9.94. The Kier molecular flexibility index (Phi) is 3.03. The van der Waals surface area contributed by atoms with Gasteiger partial charge in [-0.3, -0.25) is 0 Å². The molecule has 1 aromatic carbocycles. The molecule has 0 fully saturated rings. The molecule has 17 heavy (non-hydrogen) atoms. The number of hydrogen-bond acceptors (Lipinski definition) is 4. The fourth-order valence-electron chi connectivity index (χ4n) is 1.51. The number of aromatic carboxylic acids is 3. The molecule has 0 aliphatic heterocycles. The molecule has 0 heterocycles. The summed E-state index contributed by atoms with van der Waals surface area (Å²) >= 11 is 0. The first-order valence-electron chi connectivity index (χ1n) is 4.33. The van der Waals surface area contributed by atoms with Gasteiger partial charge in [0, 0.05) is 0 Å². The maximum Gasteiger partial charge on any atom is 0.339 e. The third kappa shape index (κ3) is 2.03. The number of phenols is 1. The second kappa shape index (κ2) is 4.12. The van der Waals surface area contributed by atoms with Crippen LogP contribution in [0.15, 0.2) is 6.07 Å². The number of carboxylic acids is 3. The number of carboxylic acid groups (broad SMARTS) is 3. The van der Waals surface area contributed by atoms with Crippen molar-refractivity contribution in [2.45, 2.75) is 6.92 Å². The standard InChI is InChI=1S/C10H8O7/c1-3-6(9(14)15)4(8(12)13)2-5(11)7(3)10(16)17/h2,11H,1H3,(H,12,13)(H,14,15)(H,16,17). The molecule has 0 bridgehead atoms. The van der Waals surface area contributed by atoms with E-state index in [0.29, 0.717) is 6.07 Å². The topological polar surface area (TPSA) is 132 Å². The van der Waals surface area contributed by atoms with Crippen LogP contribution in [-0.4, -0.2) is 38.3 Å². The van der Waals surface area contributed by atoms with Crippen LogP contribution in [-0.2, 0) is 0 Å². The molecular weight excluding hydrogens is 232 g/mol. The second-order valence-corrected chi connectivity index (χ2v) is 3.23. The highest BCUT2D eigenvalue weighted by Crippen LogP contribution is 2.28. The van der Waals surface area contributed by atoms with Gasteiger partial charge in [-0.15, -0.1) is 0 Å². The lowest BCUT2D eigenvalue weighted by atomic mass is 9.96. The van der Waals surface area contributed by atoms with Gasteiger partial charge in [-0.25, -0.2) is 14.4 Å². The summed E-state index contributed by atoms with van der Waals surface area (Å²) in [5, 5.41) is 35.8. The van der Waals surface area contributed by atoms with Crippen LogP contribution in [0.4, 0.5) is 0 Å². The lowest BCUT2D eigenvalue weighted by Gasteiger charge is -2.10. The van der Waals surface area contributed by atoms with Crippen LogP contribution in [0.2, 0.25) is 0 Å². The first-order chi connectivity index (χ1) is 7.77. The van der Waals surface area contributed by atoms with Gasteiger partial charge in [-0.2, -0.15) is 0 Å². The van der Waals surface area contributed by atoms with Crippen molar-refractivity contribution in [3.63, 3.8) is 0 Å². The van der Waals surface area contributed by atoms with E-state index in [1.54, 1.807) is 0 Å². The molecule has 7 heteroatoms. The Labute approximate surface area is 94.6 Å². The molecule has 1 aromatic rings. The van der Waals surface area contributed by atoms with E-state index in [1.165, 1.54) is 0 Å². The van der Waals surface area contributed by atoms with Gasteiger partial charge in [0.1, 0.15) is 11.3 Å². The highest BCUT2D eigenvalue weighted by atomic mass is 16.4. The quantitative estimate of drug-likeness (QED) is 0.614. The van der Waals surface area contributed by atoms with Gasteiger partial charge in [0.15, 0.2) is 0 Å². The molecule has 0 saturated heterocycles. The zero-order valence-corrected chi connectivity index (χ0v) is 8.59. The molecule has 0 atom stereocenters. The minimum Gasteiger partial charge on any atom is -0.507 e. The lowest BCUT2D eigenvalue weighted by molar-refractivity contribution is 0.0647. The van der Waals surface area contributed by atoms with E-state index in [1.807, 2.05) is 0 Å². The Balaban J connectivity index is 3.76. The summed E-state index contributed by atoms with van der Waals surface area (Å²) in [5.41, 5.74) is -2.22. The molecule has 0 spiro atoms. The molecule has 0 saturated carbocycles. The van der Waals surface area contributed by atoms with Crippen molar-refractivity contribution in [1.29, 1.82) is 0 Å². The summed E-state index contributed by atoms with van der Waals surface area (Å²) in [6, 6.07) is 0.613. The summed E-state index contributed by atoms with van der Waals surface area (Å²) in [5.74, 6) is -5.43. The summed E-state index contributed by atoms with van der Waals surface area (Å²) in [6.07, 6.45) is 0. The Morgan fingerprint density at radius 3 is 1.76 bits per heavy atom. The van der Waals surface area contributed by atoms with Gasteiger partial charge in [0.25, 0.3) is 0 Å². The largest absolute Gasteiger partial charge is 0.507 e. The fraction of sp³-hybridized carbons (Fsp3) is 0.100. The van der Waals surface area contributed by atoms with Gasteiger partial charge >= 0.3 is 17.9 Å². The van der Waals surface area contributed by atoms with Crippen LogP contribution in [0, 0.1) is 6.92 Å². The average Bonchev–Trinajstić information content (AvgIpc) is 2.14. The summed E-state index contributed by atoms with van der Waals surface area (Å²) in [6.45, 7) is 1.12. The molecule has 0 unspecified atom stereocenters. The van der Waals surface area contributed by atoms with Crippen LogP contribution in [0.1, 0.15) is 36.6 Å². The third-order valence-electron chi connectivity index (χ3n) is 2.21. The Hall–Kier alpha value is -2.57. The van der Waals surface area contributed by atoms with Gasteiger partial charge in [0.05, 0.1) is 11.1 Å². The second-order valence-electron chi connectivity index (χ2n) is 3.23. The molecule has 7 nitrogen and oxygen atoms in total. The first-order valence-corrected chi connectivity index (χ1v) is 4.33. The van der Waals surface area contributed by atoms with Crippen LogP contribution < -0.4 is 0 Å². The van der Waals surface area contributed by atoms with Crippen LogP contribution >= 0.6 is 0 Å². The lowest BCUT2D eigenvalue weighted by Crippen LogP contribution is -2.14. The van der Waals surface area contributed by atoms with Crippen molar-refractivity contribution < 1.29 is 34.8 Å². The van der Waals surface area contributed by atoms with Crippen molar-refractivity contribution in [2.75, 3.05) is 0 Å². The van der Waals surface area contributed by atoms with E-state index in [2.05, 4.69) is 0 Å². The molecule has 1 rings (SSSR count). The Bertz CT molecular complexity index is 530. The third-order valence-corrected chi connectivity index (χ3v) is 2.21. The minimum absolute atomic E-state index is 0.303. The monoisotopic (exact) mass is 240 g/mol. The highest BCUT2D eigenvalue weighted by molar-refractivity contribution is 6.06.